The van der Waals surface area contributed by atoms with Crippen molar-refractivity contribution in [3.05, 3.63) is 54.0 Å². The number of carbonyl (C=O) groups is 1. The number of rotatable bonds is 4. The summed E-state index contributed by atoms with van der Waals surface area (Å²) in [5.41, 5.74) is 2.80. The Labute approximate surface area is 148 Å². The lowest BCUT2D eigenvalue weighted by atomic mass is 10.2. The minimum absolute atomic E-state index is 0.154. The highest BCUT2D eigenvalue weighted by molar-refractivity contribution is 6.03. The largest absolute Gasteiger partial charge is 0.462 e. The Morgan fingerprint density at radius 2 is 1.76 bits per heavy atom. The molecule has 1 saturated heterocycles. The number of hydrogen-bond acceptors (Lipinski definition) is 4. The summed E-state index contributed by atoms with van der Waals surface area (Å²) in [6, 6.07) is 11.8. The van der Waals surface area contributed by atoms with Gasteiger partial charge >= 0.3 is 0 Å². The first-order valence-electron chi connectivity index (χ1n) is 8.61. The molecule has 0 radical (unpaired) electrons. The average molecular weight is 339 g/mol. The molecule has 0 spiro atoms. The lowest BCUT2D eigenvalue weighted by Gasteiger charge is -2.34. The van der Waals surface area contributed by atoms with Gasteiger partial charge in [-0.1, -0.05) is 0 Å². The fourth-order valence-corrected chi connectivity index (χ4v) is 2.91. The second-order valence-electron chi connectivity index (χ2n) is 6.56. The average Bonchev–Trinajstić information content (AvgIpc) is 3.03. The van der Waals surface area contributed by atoms with Gasteiger partial charge in [0.1, 0.15) is 11.5 Å². The number of carbonyl (C=O) groups excluding carboxylic acids is 1. The van der Waals surface area contributed by atoms with Crippen molar-refractivity contribution in [2.24, 2.45) is 0 Å². The molecule has 1 aliphatic rings. The standard InChI is InChI=1S/C20H25N3O2/c1-15(19-9-4-16(2)25-19)14-20(24)21-17-5-7-18(8-6-17)23-12-10-22(3)11-13-23/h4-9,14H,10-13H2,1-3H3,(H,21,24). The van der Waals surface area contributed by atoms with Crippen LogP contribution in [0.25, 0.3) is 5.57 Å². The quantitative estimate of drug-likeness (QED) is 0.868. The van der Waals surface area contributed by atoms with Gasteiger partial charge in [-0.3, -0.25) is 4.79 Å². The van der Waals surface area contributed by atoms with Crippen molar-refractivity contribution in [2.45, 2.75) is 13.8 Å². The summed E-state index contributed by atoms with van der Waals surface area (Å²) in [6.07, 6.45) is 1.56. The highest BCUT2D eigenvalue weighted by atomic mass is 16.3. The van der Waals surface area contributed by atoms with Crippen LogP contribution < -0.4 is 10.2 Å². The van der Waals surface area contributed by atoms with E-state index in [2.05, 4.69) is 34.3 Å². The lowest BCUT2D eigenvalue weighted by molar-refractivity contribution is -0.111. The topological polar surface area (TPSA) is 48.7 Å². The molecule has 25 heavy (non-hydrogen) atoms. The predicted octanol–water partition coefficient (Wildman–Crippen LogP) is 3.38. The zero-order chi connectivity index (χ0) is 17.8. The summed E-state index contributed by atoms with van der Waals surface area (Å²) < 4.78 is 5.53. The van der Waals surface area contributed by atoms with Crippen LogP contribution in [0, 0.1) is 6.92 Å². The minimum atomic E-state index is -0.154. The van der Waals surface area contributed by atoms with E-state index in [1.165, 1.54) is 5.69 Å². The maximum atomic E-state index is 12.2. The molecule has 1 N–H and O–H groups in total. The maximum absolute atomic E-state index is 12.2. The van der Waals surface area contributed by atoms with E-state index in [0.29, 0.717) is 0 Å². The molecule has 1 aromatic carbocycles. The molecule has 0 atom stereocenters. The second-order valence-corrected chi connectivity index (χ2v) is 6.56. The number of nitrogens with one attached hydrogen (secondary N) is 1. The van der Waals surface area contributed by atoms with Crippen LogP contribution in [0.3, 0.4) is 0 Å². The smallest absolute Gasteiger partial charge is 0.248 e. The first-order chi connectivity index (χ1) is 12.0. The van der Waals surface area contributed by atoms with Gasteiger partial charge in [-0.15, -0.1) is 0 Å². The van der Waals surface area contributed by atoms with Crippen LogP contribution in [-0.4, -0.2) is 44.0 Å². The Bertz CT molecular complexity index is 754. The molecule has 1 aromatic heterocycles. The van der Waals surface area contributed by atoms with E-state index in [9.17, 15) is 4.79 Å². The Morgan fingerprint density at radius 1 is 1.08 bits per heavy atom. The van der Waals surface area contributed by atoms with Gasteiger partial charge in [0.05, 0.1) is 0 Å². The van der Waals surface area contributed by atoms with Crippen LogP contribution in [0.5, 0.6) is 0 Å². The number of amides is 1. The van der Waals surface area contributed by atoms with E-state index >= 15 is 0 Å². The van der Waals surface area contributed by atoms with Crippen molar-refractivity contribution in [3.8, 4) is 0 Å². The van der Waals surface area contributed by atoms with E-state index in [4.69, 9.17) is 4.42 Å². The Kier molecular flexibility index (Phi) is 5.24. The van der Waals surface area contributed by atoms with E-state index in [0.717, 1.165) is 49.0 Å². The van der Waals surface area contributed by atoms with Crippen molar-refractivity contribution >= 4 is 22.9 Å². The van der Waals surface area contributed by atoms with Crippen LogP contribution >= 0.6 is 0 Å². The third-order valence-corrected chi connectivity index (χ3v) is 4.48. The Morgan fingerprint density at radius 3 is 2.36 bits per heavy atom. The molecule has 2 aromatic rings. The van der Waals surface area contributed by atoms with Gasteiger partial charge in [-0.05, 0) is 62.9 Å². The Hall–Kier alpha value is -2.53. The number of aryl methyl sites for hydroxylation is 1. The molecule has 3 rings (SSSR count). The molecule has 5 heteroatoms. The first kappa shape index (κ1) is 17.3. The summed E-state index contributed by atoms with van der Waals surface area (Å²) >= 11 is 0. The minimum Gasteiger partial charge on any atom is -0.462 e. The van der Waals surface area contributed by atoms with Crippen LogP contribution in [0.15, 0.2) is 46.9 Å². The molecule has 0 aliphatic carbocycles. The molecule has 1 amide bonds. The van der Waals surface area contributed by atoms with E-state index in [-0.39, 0.29) is 5.91 Å². The number of nitrogens with zero attached hydrogens (tertiary/aromatic N) is 2. The normalized spacial score (nSPS) is 16.1. The molecular formula is C20H25N3O2. The van der Waals surface area contributed by atoms with Crippen LogP contribution in [0.1, 0.15) is 18.4 Å². The number of benzene rings is 1. The van der Waals surface area contributed by atoms with Crippen molar-refractivity contribution in [1.82, 2.24) is 4.90 Å². The van der Waals surface area contributed by atoms with Crippen LogP contribution in [-0.2, 0) is 4.79 Å². The first-order valence-corrected chi connectivity index (χ1v) is 8.61. The van der Waals surface area contributed by atoms with E-state index < -0.39 is 0 Å². The maximum Gasteiger partial charge on any atom is 0.248 e. The van der Waals surface area contributed by atoms with Gasteiger partial charge < -0.3 is 19.5 Å². The summed E-state index contributed by atoms with van der Waals surface area (Å²) in [4.78, 5) is 16.9. The third-order valence-electron chi connectivity index (χ3n) is 4.48. The van der Waals surface area contributed by atoms with Gasteiger partial charge in [0.25, 0.3) is 0 Å². The zero-order valence-corrected chi connectivity index (χ0v) is 15.1. The molecule has 2 heterocycles. The lowest BCUT2D eigenvalue weighted by Crippen LogP contribution is -2.44. The van der Waals surface area contributed by atoms with Gasteiger partial charge in [0.2, 0.25) is 5.91 Å². The highest BCUT2D eigenvalue weighted by Crippen LogP contribution is 2.20. The van der Waals surface area contributed by atoms with Crippen molar-refractivity contribution in [2.75, 3.05) is 43.4 Å². The fourth-order valence-electron chi connectivity index (χ4n) is 2.91. The molecule has 0 saturated carbocycles. The molecule has 132 valence electrons. The fraction of sp³-hybridized carbons (Fsp3) is 0.350. The molecule has 5 nitrogen and oxygen atoms in total. The van der Waals surface area contributed by atoms with Crippen molar-refractivity contribution < 1.29 is 9.21 Å². The van der Waals surface area contributed by atoms with Gasteiger partial charge in [-0.2, -0.15) is 0 Å². The Balaban J connectivity index is 1.60. The molecule has 0 bridgehead atoms. The van der Waals surface area contributed by atoms with E-state index in [1.807, 2.05) is 38.1 Å². The number of furan rings is 1. The van der Waals surface area contributed by atoms with Crippen molar-refractivity contribution in [1.29, 1.82) is 0 Å². The third kappa shape index (κ3) is 4.51. The summed E-state index contributed by atoms with van der Waals surface area (Å²) in [7, 11) is 2.15. The number of anilines is 2. The summed E-state index contributed by atoms with van der Waals surface area (Å²) in [5.74, 6) is 1.40. The highest BCUT2D eigenvalue weighted by Gasteiger charge is 2.14. The van der Waals surface area contributed by atoms with E-state index in [1.54, 1.807) is 6.08 Å². The van der Waals surface area contributed by atoms with Gasteiger partial charge in [0.15, 0.2) is 0 Å². The summed E-state index contributed by atoms with van der Waals surface area (Å²) in [5, 5.41) is 2.90. The van der Waals surface area contributed by atoms with Gasteiger partial charge in [0, 0.05) is 43.6 Å². The predicted molar refractivity (Wildman–Crippen MR) is 102 cm³/mol. The molecule has 1 aliphatic heterocycles. The number of likely N-dealkylation sites (N-methyl/N-ethyl adjacent to an activating group) is 1. The molecule has 0 unspecified atom stereocenters. The summed E-state index contributed by atoms with van der Waals surface area (Å²) in [6.45, 7) is 7.98. The monoisotopic (exact) mass is 339 g/mol. The van der Waals surface area contributed by atoms with Crippen LogP contribution in [0.4, 0.5) is 11.4 Å². The SMILES string of the molecule is CC(=CC(=O)Nc1ccc(N2CCN(C)CC2)cc1)c1ccc(C)o1. The van der Waals surface area contributed by atoms with Crippen molar-refractivity contribution in [3.63, 3.8) is 0 Å². The molecular weight excluding hydrogens is 314 g/mol. The second kappa shape index (κ2) is 7.57. The number of piperazine rings is 1. The van der Waals surface area contributed by atoms with Gasteiger partial charge in [-0.25, -0.2) is 0 Å². The number of allylic oxidation sites excluding steroid dienone is 1. The van der Waals surface area contributed by atoms with Crippen LogP contribution in [0.2, 0.25) is 0 Å². The zero-order valence-electron chi connectivity index (χ0n) is 15.1. The molecule has 1 fully saturated rings. The number of hydrogen-bond donors (Lipinski definition) is 1.